The highest BCUT2D eigenvalue weighted by atomic mass is 32.1. The lowest BCUT2D eigenvalue weighted by atomic mass is 10.2. The summed E-state index contributed by atoms with van der Waals surface area (Å²) < 4.78 is 42.9. The minimum Gasteiger partial charge on any atom is -0.360 e. The van der Waals surface area contributed by atoms with Gasteiger partial charge in [0.05, 0.1) is 0 Å². The molecule has 7 heteroatoms. The molecule has 0 aliphatic carbocycles. The lowest BCUT2D eigenvalue weighted by Gasteiger charge is -1.99. The largest absolute Gasteiger partial charge is 0.360 e. The molecule has 2 rings (SSSR count). The van der Waals surface area contributed by atoms with Crippen molar-refractivity contribution < 1.29 is 13.2 Å². The first-order valence-electron chi connectivity index (χ1n) is 5.34. The van der Waals surface area contributed by atoms with Crippen LogP contribution in [0.4, 0.5) is 18.3 Å². The highest BCUT2D eigenvalue weighted by Crippen LogP contribution is 2.24. The number of rotatable bonds is 4. The van der Waals surface area contributed by atoms with Gasteiger partial charge in [0.25, 0.3) is 0 Å². The molecular weight excluding hydrogens is 263 g/mol. The number of nitrogens with zero attached hydrogens (tertiary/aromatic N) is 2. The van der Waals surface area contributed by atoms with Gasteiger partial charge >= 0.3 is 0 Å². The monoisotopic (exact) mass is 273 g/mol. The van der Waals surface area contributed by atoms with E-state index >= 15 is 0 Å². The Bertz CT molecular complexity index is 533. The molecule has 0 atom stereocenters. The van der Waals surface area contributed by atoms with E-state index in [1.54, 1.807) is 0 Å². The SMILES string of the molecule is CCCNc1nc(-c2cc(F)c(F)c(F)c2)ns1. The highest BCUT2D eigenvalue weighted by molar-refractivity contribution is 7.09. The van der Waals surface area contributed by atoms with Crippen LogP contribution in [0.25, 0.3) is 11.4 Å². The van der Waals surface area contributed by atoms with Crippen molar-refractivity contribution in [2.45, 2.75) is 13.3 Å². The van der Waals surface area contributed by atoms with Crippen LogP contribution in [0.15, 0.2) is 12.1 Å². The van der Waals surface area contributed by atoms with Crippen LogP contribution < -0.4 is 5.32 Å². The van der Waals surface area contributed by atoms with Crippen LogP contribution in [0.1, 0.15) is 13.3 Å². The van der Waals surface area contributed by atoms with Gasteiger partial charge in [0, 0.05) is 23.6 Å². The van der Waals surface area contributed by atoms with E-state index < -0.39 is 17.5 Å². The van der Waals surface area contributed by atoms with E-state index in [1.165, 1.54) is 0 Å². The minimum atomic E-state index is -1.49. The van der Waals surface area contributed by atoms with E-state index in [-0.39, 0.29) is 11.4 Å². The fourth-order valence-corrected chi connectivity index (χ4v) is 1.94. The van der Waals surface area contributed by atoms with Crippen LogP contribution >= 0.6 is 11.5 Å². The molecule has 0 radical (unpaired) electrons. The maximum atomic E-state index is 13.1. The van der Waals surface area contributed by atoms with Gasteiger partial charge in [0.15, 0.2) is 23.3 Å². The fraction of sp³-hybridized carbons (Fsp3) is 0.273. The summed E-state index contributed by atoms with van der Waals surface area (Å²) in [5.41, 5.74) is 0.118. The average molecular weight is 273 g/mol. The van der Waals surface area contributed by atoms with Gasteiger partial charge in [0.1, 0.15) is 0 Å². The number of hydrogen-bond acceptors (Lipinski definition) is 4. The van der Waals surface area contributed by atoms with Crippen molar-refractivity contribution in [2.24, 2.45) is 0 Å². The Morgan fingerprint density at radius 1 is 1.22 bits per heavy atom. The van der Waals surface area contributed by atoms with Crippen molar-refractivity contribution in [2.75, 3.05) is 11.9 Å². The van der Waals surface area contributed by atoms with Crippen molar-refractivity contribution in [1.29, 1.82) is 0 Å². The van der Waals surface area contributed by atoms with E-state index in [0.29, 0.717) is 5.13 Å². The second-order valence-electron chi connectivity index (χ2n) is 3.60. The molecule has 1 aromatic carbocycles. The van der Waals surface area contributed by atoms with Gasteiger partial charge in [-0.25, -0.2) is 13.2 Å². The van der Waals surface area contributed by atoms with E-state index in [2.05, 4.69) is 14.7 Å². The zero-order valence-corrected chi connectivity index (χ0v) is 10.3. The molecular formula is C11H10F3N3S. The summed E-state index contributed by atoms with van der Waals surface area (Å²) in [4.78, 5) is 4.07. The number of benzene rings is 1. The Hall–Kier alpha value is -1.63. The molecule has 3 nitrogen and oxygen atoms in total. The van der Waals surface area contributed by atoms with Crippen LogP contribution in [-0.4, -0.2) is 15.9 Å². The molecule has 18 heavy (non-hydrogen) atoms. The number of aromatic nitrogens is 2. The van der Waals surface area contributed by atoms with Crippen molar-refractivity contribution in [3.8, 4) is 11.4 Å². The third kappa shape index (κ3) is 2.61. The van der Waals surface area contributed by atoms with Gasteiger partial charge in [-0.1, -0.05) is 6.92 Å². The van der Waals surface area contributed by atoms with Gasteiger partial charge in [-0.15, -0.1) is 0 Å². The van der Waals surface area contributed by atoms with Crippen molar-refractivity contribution in [1.82, 2.24) is 9.36 Å². The summed E-state index contributed by atoms with van der Waals surface area (Å²) in [6.07, 6.45) is 0.925. The molecule has 0 spiro atoms. The third-order valence-electron chi connectivity index (χ3n) is 2.19. The molecule has 1 aromatic heterocycles. The van der Waals surface area contributed by atoms with Crippen LogP contribution in [-0.2, 0) is 0 Å². The molecule has 0 bridgehead atoms. The molecule has 0 aliphatic rings. The molecule has 96 valence electrons. The molecule has 0 amide bonds. The summed E-state index contributed by atoms with van der Waals surface area (Å²) in [5, 5.41) is 3.58. The molecule has 2 aromatic rings. The van der Waals surface area contributed by atoms with E-state index in [1.807, 2.05) is 6.92 Å². The summed E-state index contributed by atoms with van der Waals surface area (Å²) in [5.74, 6) is -3.81. The predicted octanol–water partition coefficient (Wildman–Crippen LogP) is 3.44. The lowest BCUT2D eigenvalue weighted by Crippen LogP contribution is -1.98. The maximum Gasteiger partial charge on any atom is 0.202 e. The van der Waals surface area contributed by atoms with E-state index in [9.17, 15) is 13.2 Å². The number of hydrogen-bond donors (Lipinski definition) is 1. The second kappa shape index (κ2) is 5.34. The summed E-state index contributed by atoms with van der Waals surface area (Å²) in [6, 6.07) is 1.76. The Labute approximate surface area is 106 Å². The fourth-order valence-electron chi connectivity index (χ4n) is 1.33. The van der Waals surface area contributed by atoms with E-state index in [4.69, 9.17) is 0 Å². The summed E-state index contributed by atoms with van der Waals surface area (Å²) in [6.45, 7) is 2.74. The van der Waals surface area contributed by atoms with Gasteiger partial charge in [0.2, 0.25) is 5.13 Å². The number of anilines is 1. The molecule has 0 fully saturated rings. The van der Waals surface area contributed by atoms with Crippen molar-refractivity contribution in [3.05, 3.63) is 29.6 Å². The molecule has 1 N–H and O–H groups in total. The van der Waals surface area contributed by atoms with Crippen molar-refractivity contribution >= 4 is 16.7 Å². The third-order valence-corrected chi connectivity index (χ3v) is 2.87. The molecule has 1 heterocycles. The first-order valence-corrected chi connectivity index (χ1v) is 6.11. The standard InChI is InChI=1S/C11H10F3N3S/c1-2-3-15-11-16-10(17-18-11)6-4-7(12)9(14)8(13)5-6/h4-5H,2-3H2,1H3,(H,15,16,17). The lowest BCUT2D eigenvalue weighted by molar-refractivity contribution is 0.447. The van der Waals surface area contributed by atoms with Crippen LogP contribution in [0.5, 0.6) is 0 Å². The number of halogens is 3. The normalized spacial score (nSPS) is 10.7. The van der Waals surface area contributed by atoms with Crippen LogP contribution in [0, 0.1) is 17.5 Å². The first-order chi connectivity index (χ1) is 8.61. The molecule has 0 saturated carbocycles. The second-order valence-corrected chi connectivity index (χ2v) is 4.36. The Kier molecular flexibility index (Phi) is 3.81. The molecule has 0 aliphatic heterocycles. The average Bonchev–Trinajstić information content (AvgIpc) is 2.81. The predicted molar refractivity (Wildman–Crippen MR) is 64.0 cm³/mol. The van der Waals surface area contributed by atoms with Crippen LogP contribution in [0.2, 0.25) is 0 Å². The zero-order valence-electron chi connectivity index (χ0n) is 9.51. The van der Waals surface area contributed by atoms with Gasteiger partial charge in [-0.05, 0) is 18.6 Å². The summed E-state index contributed by atoms with van der Waals surface area (Å²) in [7, 11) is 0. The Morgan fingerprint density at radius 3 is 2.50 bits per heavy atom. The van der Waals surface area contributed by atoms with Crippen molar-refractivity contribution in [3.63, 3.8) is 0 Å². The Balaban J connectivity index is 2.28. The molecule has 0 unspecified atom stereocenters. The first kappa shape index (κ1) is 12.8. The topological polar surface area (TPSA) is 37.8 Å². The van der Waals surface area contributed by atoms with E-state index in [0.717, 1.165) is 36.6 Å². The maximum absolute atomic E-state index is 13.1. The smallest absolute Gasteiger partial charge is 0.202 e. The Morgan fingerprint density at radius 2 is 1.89 bits per heavy atom. The number of nitrogens with one attached hydrogen (secondary N) is 1. The van der Waals surface area contributed by atoms with Gasteiger partial charge < -0.3 is 5.32 Å². The van der Waals surface area contributed by atoms with Crippen LogP contribution in [0.3, 0.4) is 0 Å². The summed E-state index contributed by atoms with van der Waals surface area (Å²) >= 11 is 1.09. The minimum absolute atomic E-state index is 0.118. The highest BCUT2D eigenvalue weighted by Gasteiger charge is 2.14. The molecule has 0 saturated heterocycles. The van der Waals surface area contributed by atoms with Gasteiger partial charge in [-0.2, -0.15) is 9.36 Å². The quantitative estimate of drug-likeness (QED) is 0.867. The zero-order chi connectivity index (χ0) is 13.1. The van der Waals surface area contributed by atoms with Gasteiger partial charge in [-0.3, -0.25) is 0 Å².